The molecule has 6 heteroatoms. The van der Waals surface area contributed by atoms with Crippen LogP contribution in [0.2, 0.25) is 0 Å². The Bertz CT molecular complexity index is 892. The molecule has 1 fully saturated rings. The molecule has 134 valence electrons. The molecule has 0 spiro atoms. The van der Waals surface area contributed by atoms with Gasteiger partial charge in [0.25, 0.3) is 0 Å². The van der Waals surface area contributed by atoms with Crippen molar-refractivity contribution in [3.63, 3.8) is 0 Å². The van der Waals surface area contributed by atoms with Gasteiger partial charge in [0.2, 0.25) is 11.9 Å². The van der Waals surface area contributed by atoms with Gasteiger partial charge in [-0.1, -0.05) is 25.1 Å². The molecule has 0 radical (unpaired) electrons. The van der Waals surface area contributed by atoms with Gasteiger partial charge in [-0.05, 0) is 35.5 Å². The molecule has 1 unspecified atom stereocenters. The monoisotopic (exact) mass is 355 g/mol. The molecule has 3 rings (SSSR count). The lowest BCUT2D eigenvalue weighted by molar-refractivity contribution is -0.125. The van der Waals surface area contributed by atoms with Crippen LogP contribution in [0.4, 0.5) is 8.78 Å². The smallest absolute Gasteiger partial charge is 0.250 e. The van der Waals surface area contributed by atoms with Crippen LogP contribution in [0, 0.1) is 17.7 Å². The third-order valence-corrected chi connectivity index (χ3v) is 4.42. The number of hydrogen-bond acceptors (Lipinski definition) is 3. The number of amides is 1. The molecule has 1 amide bonds. The van der Waals surface area contributed by atoms with Crippen LogP contribution in [-0.2, 0) is 11.3 Å². The van der Waals surface area contributed by atoms with Gasteiger partial charge >= 0.3 is 0 Å². The lowest BCUT2D eigenvalue weighted by Gasteiger charge is -2.16. The molecular weight excluding hydrogens is 336 g/mol. The lowest BCUT2D eigenvalue weighted by Crippen LogP contribution is -2.25. The zero-order valence-electron chi connectivity index (χ0n) is 14.3. The molecule has 0 saturated carbocycles. The average Bonchev–Trinajstić information content (AvgIpc) is 2.88. The second kappa shape index (κ2) is 7.47. The molecule has 1 atom stereocenters. The maximum atomic E-state index is 14.5. The fourth-order valence-electron chi connectivity index (χ4n) is 3.08. The molecule has 0 aliphatic carbocycles. The Kier molecular flexibility index (Phi) is 5.11. The van der Waals surface area contributed by atoms with Crippen LogP contribution in [-0.4, -0.2) is 22.3 Å². The van der Waals surface area contributed by atoms with E-state index in [-0.39, 0.29) is 18.4 Å². The minimum atomic E-state index is -0.616. The summed E-state index contributed by atoms with van der Waals surface area (Å²) in [7, 11) is 0. The van der Waals surface area contributed by atoms with Crippen molar-refractivity contribution >= 4 is 5.91 Å². The summed E-state index contributed by atoms with van der Waals surface area (Å²) in [4.78, 5) is 17.6. The number of nitrogens with zero attached hydrogens (tertiary/aromatic N) is 2. The van der Waals surface area contributed by atoms with E-state index in [4.69, 9.17) is 5.73 Å². The van der Waals surface area contributed by atoms with Crippen LogP contribution in [0.25, 0.3) is 11.1 Å². The number of nitrogens with two attached hydrogens (primary N) is 1. The topological polar surface area (TPSA) is 59.2 Å². The third-order valence-electron chi connectivity index (χ3n) is 4.42. The number of aromatic nitrogens is 1. The first-order chi connectivity index (χ1) is 12.5. The summed E-state index contributed by atoms with van der Waals surface area (Å²) in [5, 5.41) is 0. The Morgan fingerprint density at radius 1 is 1.27 bits per heavy atom. The second-order valence-electron chi connectivity index (χ2n) is 6.27. The third kappa shape index (κ3) is 3.64. The van der Waals surface area contributed by atoms with Crippen molar-refractivity contribution in [1.29, 1.82) is 0 Å². The molecule has 26 heavy (non-hydrogen) atoms. The van der Waals surface area contributed by atoms with Crippen molar-refractivity contribution in [2.45, 2.75) is 13.5 Å². The summed E-state index contributed by atoms with van der Waals surface area (Å²) in [5.41, 5.74) is 7.51. The Morgan fingerprint density at radius 3 is 2.73 bits per heavy atom. The summed E-state index contributed by atoms with van der Waals surface area (Å²) in [6, 6.07) is 7.56. The van der Waals surface area contributed by atoms with E-state index in [1.54, 1.807) is 35.3 Å². The van der Waals surface area contributed by atoms with Gasteiger partial charge in [0.1, 0.15) is 5.82 Å². The number of allylic oxidation sites excluding steroid dienone is 2. The maximum absolute atomic E-state index is 14.5. The van der Waals surface area contributed by atoms with Crippen molar-refractivity contribution in [3.05, 3.63) is 77.8 Å². The predicted octanol–water partition coefficient (Wildman–Crippen LogP) is 3.40. The Hall–Kier alpha value is -3.02. The highest BCUT2D eigenvalue weighted by molar-refractivity contribution is 5.96. The largest absolute Gasteiger partial charge is 0.405 e. The van der Waals surface area contributed by atoms with E-state index in [1.807, 2.05) is 6.92 Å². The summed E-state index contributed by atoms with van der Waals surface area (Å²) < 4.78 is 27.8. The van der Waals surface area contributed by atoms with Crippen molar-refractivity contribution < 1.29 is 13.6 Å². The summed E-state index contributed by atoms with van der Waals surface area (Å²) in [5.74, 6) is -1.11. The predicted molar refractivity (Wildman–Crippen MR) is 95.6 cm³/mol. The minimum absolute atomic E-state index is 0.0563. The number of hydrogen-bond donors (Lipinski definition) is 1. The van der Waals surface area contributed by atoms with Gasteiger partial charge in [0.15, 0.2) is 0 Å². The van der Waals surface area contributed by atoms with Gasteiger partial charge in [-0.2, -0.15) is 4.39 Å². The Balaban J connectivity index is 1.80. The first-order valence-electron chi connectivity index (χ1n) is 8.27. The summed E-state index contributed by atoms with van der Waals surface area (Å²) in [6.07, 6.45) is 6.03. The quantitative estimate of drug-likeness (QED) is 0.675. The molecule has 1 aromatic carbocycles. The van der Waals surface area contributed by atoms with E-state index >= 15 is 0 Å². The van der Waals surface area contributed by atoms with Crippen molar-refractivity contribution in [3.8, 4) is 11.1 Å². The molecule has 2 heterocycles. The van der Waals surface area contributed by atoms with Crippen molar-refractivity contribution in [2.75, 3.05) is 6.54 Å². The lowest BCUT2D eigenvalue weighted by atomic mass is 10.0. The standard InChI is InChI=1S/C20H19F2N3O/c1-13-11-25(20(26)17(13)3-2-7-23)12-16-5-4-14(9-18(16)21)15-6-8-24-19(22)10-15/h2-10,13H,11-12,23H2,1H3/b7-2-,17-3+. The van der Waals surface area contributed by atoms with Gasteiger partial charge in [-0.3, -0.25) is 4.79 Å². The van der Waals surface area contributed by atoms with Crippen LogP contribution in [0.15, 0.2) is 60.5 Å². The molecule has 4 nitrogen and oxygen atoms in total. The Morgan fingerprint density at radius 2 is 2.04 bits per heavy atom. The van der Waals surface area contributed by atoms with Gasteiger partial charge in [0.05, 0.1) is 0 Å². The summed E-state index contributed by atoms with van der Waals surface area (Å²) >= 11 is 0. The normalized spacial score (nSPS) is 19.0. The van der Waals surface area contributed by atoms with E-state index in [1.165, 1.54) is 24.5 Å². The highest BCUT2D eigenvalue weighted by Crippen LogP contribution is 2.27. The summed E-state index contributed by atoms with van der Waals surface area (Å²) in [6.45, 7) is 2.66. The number of rotatable bonds is 4. The Labute approximate surface area is 150 Å². The fourth-order valence-corrected chi connectivity index (χ4v) is 3.08. The molecule has 2 N–H and O–H groups in total. The zero-order valence-corrected chi connectivity index (χ0v) is 14.3. The number of carbonyl (C=O) groups is 1. The number of carbonyl (C=O) groups excluding carboxylic acids is 1. The number of pyridine rings is 1. The number of likely N-dealkylation sites (tertiary alicyclic amines) is 1. The van der Waals surface area contributed by atoms with Gasteiger partial charge < -0.3 is 10.6 Å². The molecule has 1 aliphatic heterocycles. The maximum Gasteiger partial charge on any atom is 0.250 e. The SMILES string of the molecule is CC1CN(Cc2ccc(-c3ccnc(F)c3)cc2F)C(=O)/C1=C/C=C\N. The van der Waals surface area contributed by atoms with Crippen LogP contribution in [0.5, 0.6) is 0 Å². The number of benzene rings is 1. The van der Waals surface area contributed by atoms with Crippen LogP contribution < -0.4 is 5.73 Å². The minimum Gasteiger partial charge on any atom is -0.405 e. The van der Waals surface area contributed by atoms with E-state index in [2.05, 4.69) is 4.98 Å². The van der Waals surface area contributed by atoms with E-state index in [9.17, 15) is 13.6 Å². The molecule has 1 saturated heterocycles. The van der Waals surface area contributed by atoms with Crippen molar-refractivity contribution in [2.24, 2.45) is 11.7 Å². The highest BCUT2D eigenvalue weighted by atomic mass is 19.1. The van der Waals surface area contributed by atoms with Gasteiger partial charge in [0, 0.05) is 42.4 Å². The molecule has 2 aromatic rings. The van der Waals surface area contributed by atoms with E-state index < -0.39 is 11.8 Å². The highest BCUT2D eigenvalue weighted by Gasteiger charge is 2.32. The van der Waals surface area contributed by atoms with Crippen molar-refractivity contribution in [1.82, 2.24) is 9.88 Å². The van der Waals surface area contributed by atoms with Gasteiger partial charge in [-0.15, -0.1) is 0 Å². The molecular formula is C20H19F2N3O. The fraction of sp³-hybridized carbons (Fsp3) is 0.200. The van der Waals surface area contributed by atoms with Crippen LogP contribution in [0.1, 0.15) is 12.5 Å². The molecule has 1 aliphatic rings. The zero-order chi connectivity index (χ0) is 18.7. The number of halogens is 2. The first-order valence-corrected chi connectivity index (χ1v) is 8.27. The van der Waals surface area contributed by atoms with Crippen LogP contribution >= 0.6 is 0 Å². The van der Waals surface area contributed by atoms with Gasteiger partial charge in [-0.25, -0.2) is 9.37 Å². The molecule has 1 aromatic heterocycles. The molecule has 0 bridgehead atoms. The van der Waals surface area contributed by atoms with E-state index in [0.29, 0.717) is 28.8 Å². The first kappa shape index (κ1) is 17.8. The second-order valence-corrected chi connectivity index (χ2v) is 6.27. The average molecular weight is 355 g/mol. The van der Waals surface area contributed by atoms with E-state index in [0.717, 1.165) is 0 Å². The van der Waals surface area contributed by atoms with Crippen LogP contribution in [0.3, 0.4) is 0 Å².